The quantitative estimate of drug-likeness (QED) is 0.919. The van der Waals surface area contributed by atoms with E-state index in [0.29, 0.717) is 12.4 Å². The van der Waals surface area contributed by atoms with Gasteiger partial charge >= 0.3 is 0 Å². The molecule has 1 atom stereocenters. The molecule has 3 rings (SSSR count). The van der Waals surface area contributed by atoms with Crippen LogP contribution in [0.15, 0.2) is 29.2 Å². The van der Waals surface area contributed by atoms with Crippen LogP contribution in [-0.2, 0) is 11.3 Å². The van der Waals surface area contributed by atoms with E-state index in [2.05, 4.69) is 20.4 Å². The van der Waals surface area contributed by atoms with E-state index >= 15 is 0 Å². The number of rotatable bonds is 4. The van der Waals surface area contributed by atoms with Gasteiger partial charge in [-0.1, -0.05) is 5.16 Å². The summed E-state index contributed by atoms with van der Waals surface area (Å²) >= 11 is 0. The minimum absolute atomic E-state index is 0.00316. The number of amides is 1. The van der Waals surface area contributed by atoms with Crippen LogP contribution in [0, 0.1) is 0 Å². The van der Waals surface area contributed by atoms with Gasteiger partial charge in [-0.2, -0.15) is 0 Å². The van der Waals surface area contributed by atoms with Crippen molar-refractivity contribution in [3.05, 3.63) is 41.8 Å². The van der Waals surface area contributed by atoms with E-state index in [1.54, 1.807) is 12.4 Å². The summed E-state index contributed by atoms with van der Waals surface area (Å²) in [5.74, 6) is 0.579. The van der Waals surface area contributed by atoms with E-state index in [0.717, 1.165) is 31.4 Å². The fourth-order valence-corrected chi connectivity index (χ4v) is 2.17. The van der Waals surface area contributed by atoms with Crippen molar-refractivity contribution in [2.75, 3.05) is 6.61 Å². The molecule has 0 aromatic carbocycles. The zero-order valence-electron chi connectivity index (χ0n) is 11.5. The number of carbonyl (C=O) groups excluding carboxylic acids is 1. The molecule has 1 saturated heterocycles. The van der Waals surface area contributed by atoms with Gasteiger partial charge in [0.15, 0.2) is 5.82 Å². The van der Waals surface area contributed by atoms with Gasteiger partial charge in [0, 0.05) is 37.2 Å². The Kier molecular flexibility index (Phi) is 4.20. The topological polar surface area (TPSA) is 90.1 Å². The lowest BCUT2D eigenvalue weighted by Gasteiger charge is -2.21. The first-order chi connectivity index (χ1) is 10.3. The molecule has 1 aliphatic heterocycles. The third kappa shape index (κ3) is 3.43. The maximum Gasteiger partial charge on any atom is 0.290 e. The molecule has 1 N–H and O–H groups in total. The Hall–Kier alpha value is -2.28. The molecule has 3 heterocycles. The summed E-state index contributed by atoms with van der Waals surface area (Å²) in [7, 11) is 0. The zero-order chi connectivity index (χ0) is 14.5. The Morgan fingerprint density at radius 1 is 1.33 bits per heavy atom. The molecule has 7 nitrogen and oxygen atoms in total. The van der Waals surface area contributed by atoms with Gasteiger partial charge in [-0.3, -0.25) is 4.79 Å². The number of ether oxygens (including phenoxy) is 1. The van der Waals surface area contributed by atoms with Gasteiger partial charge in [0.2, 0.25) is 5.76 Å². The first-order valence-corrected chi connectivity index (χ1v) is 6.94. The van der Waals surface area contributed by atoms with Crippen LogP contribution in [0.2, 0.25) is 0 Å². The maximum absolute atomic E-state index is 11.7. The molecule has 0 saturated carbocycles. The largest absolute Gasteiger partial charge is 0.370 e. The minimum Gasteiger partial charge on any atom is -0.370 e. The third-order valence-corrected chi connectivity index (χ3v) is 3.31. The molecule has 0 bridgehead atoms. The highest BCUT2D eigenvalue weighted by Crippen LogP contribution is 2.24. The van der Waals surface area contributed by atoms with Crippen molar-refractivity contribution in [2.45, 2.75) is 31.9 Å². The van der Waals surface area contributed by atoms with Gasteiger partial charge in [-0.05, 0) is 19.3 Å². The Morgan fingerprint density at radius 2 is 2.19 bits per heavy atom. The van der Waals surface area contributed by atoms with Crippen LogP contribution in [-0.4, -0.2) is 27.6 Å². The van der Waals surface area contributed by atoms with Crippen molar-refractivity contribution < 1.29 is 14.1 Å². The predicted octanol–water partition coefficient (Wildman–Crippen LogP) is 1.64. The predicted molar refractivity (Wildman–Crippen MR) is 72.2 cm³/mol. The van der Waals surface area contributed by atoms with Gasteiger partial charge < -0.3 is 14.6 Å². The van der Waals surface area contributed by atoms with Crippen molar-refractivity contribution in [3.8, 4) is 0 Å². The van der Waals surface area contributed by atoms with Crippen molar-refractivity contribution >= 4 is 5.91 Å². The lowest BCUT2D eigenvalue weighted by atomic mass is 10.1. The fourth-order valence-electron chi connectivity index (χ4n) is 2.17. The Balaban J connectivity index is 1.55. The van der Waals surface area contributed by atoms with Gasteiger partial charge in [-0.25, -0.2) is 9.97 Å². The van der Waals surface area contributed by atoms with E-state index in [9.17, 15) is 4.79 Å². The summed E-state index contributed by atoms with van der Waals surface area (Å²) in [4.78, 5) is 20.3. The normalized spacial score (nSPS) is 18.4. The molecular formula is C14H16N4O3. The summed E-state index contributed by atoms with van der Waals surface area (Å²) in [6, 6.07) is 1.51. The maximum atomic E-state index is 11.7. The summed E-state index contributed by atoms with van der Waals surface area (Å²) in [5.41, 5.74) is 0.822. The Morgan fingerprint density at radius 3 is 2.86 bits per heavy atom. The van der Waals surface area contributed by atoms with Gasteiger partial charge in [0.25, 0.3) is 5.91 Å². The van der Waals surface area contributed by atoms with E-state index in [1.165, 1.54) is 12.3 Å². The summed E-state index contributed by atoms with van der Waals surface area (Å²) < 4.78 is 10.4. The van der Waals surface area contributed by atoms with Crippen LogP contribution in [0.25, 0.3) is 0 Å². The highest BCUT2D eigenvalue weighted by molar-refractivity contribution is 5.91. The zero-order valence-corrected chi connectivity index (χ0v) is 11.5. The second-order valence-corrected chi connectivity index (χ2v) is 4.86. The Labute approximate surface area is 121 Å². The first kappa shape index (κ1) is 13.7. The Bertz CT molecular complexity index is 577. The average molecular weight is 288 g/mol. The van der Waals surface area contributed by atoms with Crippen LogP contribution in [0.4, 0.5) is 0 Å². The van der Waals surface area contributed by atoms with Crippen molar-refractivity contribution in [2.24, 2.45) is 0 Å². The summed E-state index contributed by atoms with van der Waals surface area (Å²) in [6.07, 6.45) is 8.04. The first-order valence-electron chi connectivity index (χ1n) is 6.94. The lowest BCUT2D eigenvalue weighted by molar-refractivity contribution is 0.00940. The van der Waals surface area contributed by atoms with Crippen LogP contribution in [0.1, 0.15) is 47.3 Å². The molecule has 0 radical (unpaired) electrons. The third-order valence-electron chi connectivity index (χ3n) is 3.31. The highest BCUT2D eigenvalue weighted by Gasteiger charge is 2.18. The fraction of sp³-hybridized carbons (Fsp3) is 0.429. The molecule has 2 aromatic heterocycles. The van der Waals surface area contributed by atoms with Crippen LogP contribution < -0.4 is 5.32 Å². The van der Waals surface area contributed by atoms with Crippen LogP contribution >= 0.6 is 0 Å². The molecule has 1 aliphatic rings. The van der Waals surface area contributed by atoms with Crippen molar-refractivity contribution in [3.63, 3.8) is 0 Å². The van der Waals surface area contributed by atoms with E-state index in [1.807, 2.05) is 0 Å². The molecule has 1 amide bonds. The molecular weight excluding hydrogens is 272 g/mol. The van der Waals surface area contributed by atoms with Crippen LogP contribution in [0.5, 0.6) is 0 Å². The van der Waals surface area contributed by atoms with Gasteiger partial charge in [0.1, 0.15) is 6.10 Å². The molecule has 0 spiro atoms. The summed E-state index contributed by atoms with van der Waals surface area (Å²) in [6.45, 7) is 1.11. The van der Waals surface area contributed by atoms with E-state index < -0.39 is 0 Å². The number of nitrogens with zero attached hydrogens (tertiary/aromatic N) is 3. The van der Waals surface area contributed by atoms with Crippen molar-refractivity contribution in [1.29, 1.82) is 0 Å². The minimum atomic E-state index is -0.313. The molecule has 1 fully saturated rings. The number of nitrogens with one attached hydrogen (secondary N) is 1. The van der Waals surface area contributed by atoms with Crippen molar-refractivity contribution in [1.82, 2.24) is 20.4 Å². The molecule has 110 valence electrons. The molecule has 0 aliphatic carbocycles. The van der Waals surface area contributed by atoms with Gasteiger partial charge in [0.05, 0.1) is 6.20 Å². The number of hydrogen-bond acceptors (Lipinski definition) is 6. The van der Waals surface area contributed by atoms with E-state index in [4.69, 9.17) is 9.26 Å². The SMILES string of the molecule is O=C(NCc1cnc(C2CCCCO2)nc1)c1ccno1. The molecule has 1 unspecified atom stereocenters. The number of carbonyl (C=O) groups is 1. The second kappa shape index (κ2) is 6.45. The summed E-state index contributed by atoms with van der Waals surface area (Å²) in [5, 5.41) is 6.20. The van der Waals surface area contributed by atoms with Gasteiger partial charge in [-0.15, -0.1) is 0 Å². The average Bonchev–Trinajstić information content (AvgIpc) is 3.08. The molecule has 2 aromatic rings. The smallest absolute Gasteiger partial charge is 0.290 e. The van der Waals surface area contributed by atoms with Crippen LogP contribution in [0.3, 0.4) is 0 Å². The highest BCUT2D eigenvalue weighted by atomic mass is 16.5. The van der Waals surface area contributed by atoms with E-state index in [-0.39, 0.29) is 17.8 Å². The lowest BCUT2D eigenvalue weighted by Crippen LogP contribution is -2.22. The molecule has 7 heteroatoms. The molecule has 21 heavy (non-hydrogen) atoms. The number of aromatic nitrogens is 3. The standard InChI is InChI=1S/C14H16N4O3/c19-14(12-4-5-18-21-12)17-9-10-7-15-13(16-8-10)11-3-1-2-6-20-11/h4-5,7-8,11H,1-3,6,9H2,(H,17,19). The monoisotopic (exact) mass is 288 g/mol. The number of hydrogen-bond donors (Lipinski definition) is 1. The second-order valence-electron chi connectivity index (χ2n) is 4.86.